The van der Waals surface area contributed by atoms with E-state index in [-0.39, 0.29) is 5.91 Å². The van der Waals surface area contributed by atoms with Crippen LogP contribution in [0.3, 0.4) is 0 Å². The molecule has 1 aromatic rings. The fraction of sp³-hybridized carbons (Fsp3) is 0.467. The molecule has 6 heteroatoms. The van der Waals surface area contributed by atoms with Gasteiger partial charge in [0, 0.05) is 18.9 Å². The molecule has 0 atom stereocenters. The van der Waals surface area contributed by atoms with E-state index in [1.165, 1.54) is 7.11 Å². The maximum atomic E-state index is 12.4. The number of carbonyl (C=O) groups is 2. The fourth-order valence-corrected chi connectivity index (χ4v) is 2.21. The molecule has 2 rings (SSSR count). The summed E-state index contributed by atoms with van der Waals surface area (Å²) in [6.45, 7) is 2.81. The normalized spacial score (nSPS) is 17.1. The lowest BCUT2D eigenvalue weighted by molar-refractivity contribution is -0.124. The number of nitrogens with one attached hydrogen (secondary N) is 1. The van der Waals surface area contributed by atoms with E-state index in [2.05, 4.69) is 10.1 Å². The van der Waals surface area contributed by atoms with Gasteiger partial charge in [-0.2, -0.15) is 0 Å². The summed E-state index contributed by atoms with van der Waals surface area (Å²) in [5.74, 6) is -0.699. The molecule has 1 amide bonds. The zero-order valence-electron chi connectivity index (χ0n) is 12.3. The fourth-order valence-electron chi connectivity index (χ4n) is 2.21. The van der Waals surface area contributed by atoms with E-state index in [1.54, 1.807) is 18.2 Å². The van der Waals surface area contributed by atoms with Crippen molar-refractivity contribution in [2.45, 2.75) is 25.3 Å². The Hall–Kier alpha value is -1.92. The molecular formula is C15H20N2O4. The molecule has 1 aliphatic rings. The summed E-state index contributed by atoms with van der Waals surface area (Å²) < 4.78 is 9.91. The van der Waals surface area contributed by atoms with Crippen LogP contribution in [0.5, 0.6) is 0 Å². The van der Waals surface area contributed by atoms with Crippen LogP contribution >= 0.6 is 0 Å². The van der Waals surface area contributed by atoms with Gasteiger partial charge in [-0.15, -0.1) is 0 Å². The number of hydrogen-bond acceptors (Lipinski definition) is 5. The van der Waals surface area contributed by atoms with E-state index in [1.807, 2.05) is 6.92 Å². The number of anilines is 1. The molecule has 114 valence electrons. The smallest absolute Gasteiger partial charge is 0.337 e. The van der Waals surface area contributed by atoms with Crippen molar-refractivity contribution < 1.29 is 19.1 Å². The molecule has 0 bridgehead atoms. The Morgan fingerprint density at radius 2 is 2.00 bits per heavy atom. The zero-order valence-corrected chi connectivity index (χ0v) is 12.3. The van der Waals surface area contributed by atoms with Crippen LogP contribution in [0.25, 0.3) is 0 Å². The Bertz CT molecular complexity index is 551. The topological polar surface area (TPSA) is 90.7 Å². The third-order valence-corrected chi connectivity index (χ3v) is 3.74. The SMILES string of the molecule is COC(=O)c1ccc(C)c(NC(=O)C2(N)CCOCC2)c1. The Labute approximate surface area is 123 Å². The molecule has 0 saturated carbocycles. The summed E-state index contributed by atoms with van der Waals surface area (Å²) in [6, 6.07) is 5.01. The minimum absolute atomic E-state index is 0.254. The quantitative estimate of drug-likeness (QED) is 0.818. The van der Waals surface area contributed by atoms with E-state index in [4.69, 9.17) is 10.5 Å². The van der Waals surface area contributed by atoms with E-state index < -0.39 is 11.5 Å². The van der Waals surface area contributed by atoms with E-state index in [0.717, 1.165) is 5.56 Å². The Morgan fingerprint density at radius 3 is 2.62 bits per heavy atom. The lowest BCUT2D eigenvalue weighted by Crippen LogP contribution is -2.54. The molecule has 0 spiro atoms. The van der Waals surface area contributed by atoms with Gasteiger partial charge in [-0.1, -0.05) is 6.07 Å². The molecule has 1 saturated heterocycles. The van der Waals surface area contributed by atoms with Gasteiger partial charge in [-0.05, 0) is 37.5 Å². The highest BCUT2D eigenvalue weighted by Crippen LogP contribution is 2.23. The van der Waals surface area contributed by atoms with Crippen LogP contribution in [0, 0.1) is 6.92 Å². The van der Waals surface area contributed by atoms with Crippen molar-refractivity contribution in [3.63, 3.8) is 0 Å². The number of hydrogen-bond donors (Lipinski definition) is 2. The molecule has 0 radical (unpaired) electrons. The minimum Gasteiger partial charge on any atom is -0.465 e. The number of benzene rings is 1. The molecule has 1 aliphatic heterocycles. The van der Waals surface area contributed by atoms with Crippen molar-refractivity contribution in [3.05, 3.63) is 29.3 Å². The Balaban J connectivity index is 2.18. The van der Waals surface area contributed by atoms with Crippen LogP contribution in [-0.2, 0) is 14.3 Å². The van der Waals surface area contributed by atoms with Crippen molar-refractivity contribution in [2.75, 3.05) is 25.6 Å². The highest BCUT2D eigenvalue weighted by atomic mass is 16.5. The van der Waals surface area contributed by atoms with Gasteiger partial charge >= 0.3 is 5.97 Å². The highest BCUT2D eigenvalue weighted by molar-refractivity contribution is 6.00. The predicted octanol–water partition coefficient (Wildman–Crippen LogP) is 1.23. The van der Waals surface area contributed by atoms with Crippen LogP contribution in [0.1, 0.15) is 28.8 Å². The van der Waals surface area contributed by atoms with Gasteiger partial charge in [-0.25, -0.2) is 4.79 Å². The maximum Gasteiger partial charge on any atom is 0.337 e. The number of aryl methyl sites for hydroxylation is 1. The van der Waals surface area contributed by atoms with Crippen LogP contribution in [-0.4, -0.2) is 37.7 Å². The summed E-state index contributed by atoms with van der Waals surface area (Å²) in [6.07, 6.45) is 0.961. The third kappa shape index (κ3) is 3.40. The van der Waals surface area contributed by atoms with Gasteiger partial charge in [0.25, 0.3) is 0 Å². The van der Waals surface area contributed by atoms with Gasteiger partial charge in [0.05, 0.1) is 12.7 Å². The molecule has 21 heavy (non-hydrogen) atoms. The number of rotatable bonds is 3. The molecule has 1 heterocycles. The molecule has 0 unspecified atom stereocenters. The maximum absolute atomic E-state index is 12.4. The van der Waals surface area contributed by atoms with Crippen molar-refractivity contribution >= 4 is 17.6 Å². The number of ether oxygens (including phenoxy) is 2. The molecule has 0 aromatic heterocycles. The van der Waals surface area contributed by atoms with E-state index in [0.29, 0.717) is 37.3 Å². The Morgan fingerprint density at radius 1 is 1.33 bits per heavy atom. The summed E-state index contributed by atoms with van der Waals surface area (Å²) in [4.78, 5) is 23.9. The zero-order chi connectivity index (χ0) is 15.5. The number of methoxy groups -OCH3 is 1. The monoisotopic (exact) mass is 292 g/mol. The average Bonchev–Trinajstić information content (AvgIpc) is 2.49. The largest absolute Gasteiger partial charge is 0.465 e. The van der Waals surface area contributed by atoms with Crippen LogP contribution in [0.4, 0.5) is 5.69 Å². The lowest BCUT2D eigenvalue weighted by Gasteiger charge is -2.32. The second-order valence-corrected chi connectivity index (χ2v) is 5.24. The second kappa shape index (κ2) is 6.24. The van der Waals surface area contributed by atoms with Crippen LogP contribution in [0.2, 0.25) is 0 Å². The first kappa shape index (κ1) is 15.5. The molecule has 0 aliphatic carbocycles. The first-order chi connectivity index (χ1) is 9.96. The second-order valence-electron chi connectivity index (χ2n) is 5.24. The van der Waals surface area contributed by atoms with E-state index >= 15 is 0 Å². The molecule has 6 nitrogen and oxygen atoms in total. The third-order valence-electron chi connectivity index (χ3n) is 3.74. The number of carbonyl (C=O) groups excluding carboxylic acids is 2. The predicted molar refractivity (Wildman–Crippen MR) is 78.1 cm³/mol. The Kier molecular flexibility index (Phi) is 4.59. The van der Waals surface area contributed by atoms with Gasteiger partial charge in [-0.3, -0.25) is 4.79 Å². The van der Waals surface area contributed by atoms with Crippen LogP contribution in [0.15, 0.2) is 18.2 Å². The molecular weight excluding hydrogens is 272 g/mol. The van der Waals surface area contributed by atoms with Crippen molar-refractivity contribution in [1.29, 1.82) is 0 Å². The first-order valence-corrected chi connectivity index (χ1v) is 6.83. The molecule has 1 fully saturated rings. The molecule has 1 aromatic carbocycles. The summed E-state index contributed by atoms with van der Waals surface area (Å²) in [7, 11) is 1.32. The highest BCUT2D eigenvalue weighted by Gasteiger charge is 2.36. The van der Waals surface area contributed by atoms with Crippen LogP contribution < -0.4 is 11.1 Å². The summed E-state index contributed by atoms with van der Waals surface area (Å²) in [5, 5.41) is 2.81. The first-order valence-electron chi connectivity index (χ1n) is 6.83. The molecule has 3 N–H and O–H groups in total. The van der Waals surface area contributed by atoms with Gasteiger partial charge < -0.3 is 20.5 Å². The van der Waals surface area contributed by atoms with Gasteiger partial charge in [0.15, 0.2) is 0 Å². The van der Waals surface area contributed by atoms with Crippen molar-refractivity contribution in [1.82, 2.24) is 0 Å². The van der Waals surface area contributed by atoms with E-state index in [9.17, 15) is 9.59 Å². The standard InChI is InChI=1S/C15H20N2O4/c1-10-3-4-11(13(18)20-2)9-12(10)17-14(19)15(16)5-7-21-8-6-15/h3-4,9H,5-8,16H2,1-2H3,(H,17,19). The lowest BCUT2D eigenvalue weighted by atomic mass is 9.90. The number of esters is 1. The summed E-state index contributed by atoms with van der Waals surface area (Å²) in [5.41, 5.74) is 7.02. The average molecular weight is 292 g/mol. The number of nitrogens with two attached hydrogens (primary N) is 1. The van der Waals surface area contributed by atoms with Crippen molar-refractivity contribution in [3.8, 4) is 0 Å². The van der Waals surface area contributed by atoms with Gasteiger partial charge in [0.1, 0.15) is 5.54 Å². The summed E-state index contributed by atoms with van der Waals surface area (Å²) >= 11 is 0. The van der Waals surface area contributed by atoms with Crippen molar-refractivity contribution in [2.24, 2.45) is 5.73 Å². The number of amides is 1. The minimum atomic E-state index is -0.925. The van der Waals surface area contributed by atoms with Gasteiger partial charge in [0.2, 0.25) is 5.91 Å².